The molecule has 1 aromatic carbocycles. The second kappa shape index (κ2) is 16.2. The average molecular weight is 730 g/mol. The molecule has 0 bridgehead atoms. The monoisotopic (exact) mass is 729 g/mol. The Morgan fingerprint density at radius 2 is 1.55 bits per heavy atom. The Morgan fingerprint density at radius 1 is 0.941 bits per heavy atom. The number of aliphatic hydroxyl groups excluding tert-OH is 1. The molecule has 0 fully saturated rings. The van der Waals surface area contributed by atoms with Gasteiger partial charge in [-0.3, -0.25) is 14.4 Å². The van der Waals surface area contributed by atoms with Gasteiger partial charge in [0.25, 0.3) is 5.91 Å². The van der Waals surface area contributed by atoms with Gasteiger partial charge < -0.3 is 41.6 Å². The third-order valence-corrected chi connectivity index (χ3v) is 7.87. The van der Waals surface area contributed by atoms with Crippen LogP contribution in [0.25, 0.3) is 0 Å². The van der Waals surface area contributed by atoms with Crippen LogP contribution < -0.4 is 27.0 Å². The van der Waals surface area contributed by atoms with Gasteiger partial charge in [-0.2, -0.15) is 22.0 Å². The van der Waals surface area contributed by atoms with Crippen LogP contribution in [0.3, 0.4) is 0 Å². The van der Waals surface area contributed by atoms with Crippen molar-refractivity contribution in [2.24, 2.45) is 17.6 Å². The minimum absolute atomic E-state index is 0.0163. The zero-order chi connectivity index (χ0) is 38.5. The van der Waals surface area contributed by atoms with Gasteiger partial charge in [0.1, 0.15) is 30.1 Å². The van der Waals surface area contributed by atoms with E-state index in [2.05, 4.69) is 16.0 Å². The van der Waals surface area contributed by atoms with Crippen LogP contribution in [0.1, 0.15) is 45.7 Å². The van der Waals surface area contributed by atoms with Crippen molar-refractivity contribution in [3.8, 4) is 0 Å². The molecule has 0 saturated heterocycles. The highest BCUT2D eigenvalue weighted by Gasteiger charge is 2.52. The van der Waals surface area contributed by atoms with E-state index in [1.165, 1.54) is 27.0 Å². The van der Waals surface area contributed by atoms with E-state index in [0.29, 0.717) is 16.9 Å². The molecule has 2 aliphatic carbocycles. The van der Waals surface area contributed by atoms with Crippen molar-refractivity contribution < 1.29 is 55.7 Å². The second-order valence-electron chi connectivity index (χ2n) is 13.6. The first-order valence-electron chi connectivity index (χ1n) is 16.0. The average Bonchev–Trinajstić information content (AvgIpc) is 3.74. The largest absolute Gasteiger partial charge is 0.500 e. The zero-order valence-electron chi connectivity index (χ0n) is 29.0. The van der Waals surface area contributed by atoms with E-state index < -0.39 is 78.2 Å². The number of hydrogen-bond acceptors (Lipinski definition) is 8. The first kappa shape index (κ1) is 40.9. The smallest absolute Gasteiger partial charge is 0.407 e. The molecule has 7 N–H and O–H groups in total. The lowest BCUT2D eigenvalue weighted by atomic mass is 9.92. The maximum atomic E-state index is 14.9. The number of carbonyl (C=O) groups excluding carboxylic acids is 4. The van der Waals surface area contributed by atoms with E-state index >= 15 is 0 Å². The Bertz CT molecular complexity index is 1550. The molecule has 0 saturated carbocycles. The van der Waals surface area contributed by atoms with Crippen LogP contribution >= 0.6 is 0 Å². The number of allylic oxidation sites excluding steroid dienone is 3. The summed E-state index contributed by atoms with van der Waals surface area (Å²) < 4.78 is 77.9. The van der Waals surface area contributed by atoms with E-state index in [9.17, 15) is 46.2 Å². The molecule has 0 spiro atoms. The van der Waals surface area contributed by atoms with Crippen LogP contribution in [0.15, 0.2) is 59.4 Å². The number of carbonyl (C=O) groups is 4. The van der Waals surface area contributed by atoms with Crippen molar-refractivity contribution in [3.05, 3.63) is 70.5 Å². The number of methoxy groups -OCH3 is 1. The van der Waals surface area contributed by atoms with Crippen LogP contribution in [0.2, 0.25) is 0 Å². The molecule has 17 heteroatoms. The van der Waals surface area contributed by atoms with Crippen LogP contribution in [0.4, 0.5) is 26.7 Å². The summed E-state index contributed by atoms with van der Waals surface area (Å²) in [5.41, 5.74) is 7.85. The summed E-state index contributed by atoms with van der Waals surface area (Å²) in [6.45, 7) is 6.01. The molecular formula is C34H44F5N5O7. The van der Waals surface area contributed by atoms with Crippen molar-refractivity contribution in [1.29, 1.82) is 0 Å². The lowest BCUT2D eigenvalue weighted by Crippen LogP contribution is -2.62. The fraction of sp³-hybridized carbons (Fsp3) is 0.529. The van der Waals surface area contributed by atoms with Gasteiger partial charge in [0.15, 0.2) is 0 Å². The highest BCUT2D eigenvalue weighted by molar-refractivity contribution is 5.93. The Balaban J connectivity index is 1.75. The van der Waals surface area contributed by atoms with E-state index in [4.69, 9.17) is 15.2 Å². The number of nitrogens with two attached hydrogens (primary N) is 1. The third kappa shape index (κ3) is 11.5. The van der Waals surface area contributed by atoms with Crippen molar-refractivity contribution in [2.75, 3.05) is 13.7 Å². The van der Waals surface area contributed by atoms with E-state index in [1.54, 1.807) is 57.2 Å². The summed E-state index contributed by atoms with van der Waals surface area (Å²) in [4.78, 5) is 51.0. The second-order valence-corrected chi connectivity index (χ2v) is 13.6. The van der Waals surface area contributed by atoms with Gasteiger partial charge in [-0.1, -0.05) is 50.3 Å². The number of nitrogens with one attached hydrogen (secondary N) is 4. The molecule has 0 radical (unpaired) electrons. The normalized spacial score (nSPS) is 18.1. The van der Waals surface area contributed by atoms with Crippen LogP contribution in [-0.2, 0) is 36.8 Å². The standard InChI is InChI=1S/C34H44F5N5O7/c1-17(2)24(27(45)34(38,39)30(48)42-16-33(35,36)37)43-29(47)25(20-11-12-21-22(14-20)26(21)50-6)44-28(46)23(40)13-18-7-9-19(10-8-18)15-41-31(49)51-32(3,4)5/h7-12,14,17,21,23-25,27,45H,13,15-16,40H2,1-6H3,(H,41,49)(H,42,48)(H,43,47)(H,44,46)/t21?,23-,24-,25-,27+/m0/s1. The number of rotatable bonds is 15. The first-order chi connectivity index (χ1) is 23.5. The van der Waals surface area contributed by atoms with Gasteiger partial charge in [-0.15, -0.1) is 0 Å². The maximum Gasteiger partial charge on any atom is 0.407 e. The van der Waals surface area contributed by atoms with Crippen molar-refractivity contribution in [2.45, 2.75) is 89.5 Å². The fourth-order valence-corrected chi connectivity index (χ4v) is 5.14. The number of ether oxygens (including phenoxy) is 2. The number of aliphatic hydroxyl groups is 1. The highest BCUT2D eigenvalue weighted by Crippen LogP contribution is 2.45. The SMILES string of the molecule is COC1=C2C=C([C@H](NC(=O)[C@@H](N)Cc3ccc(CNC(=O)OC(C)(C)C)cc3)C(=O)N[C@@H](C(C)C)[C@@H](O)C(F)(F)C(=O)NCC(F)(F)F)C=CC21. The van der Waals surface area contributed by atoms with Gasteiger partial charge in [0.05, 0.1) is 25.1 Å². The van der Waals surface area contributed by atoms with Crippen LogP contribution in [-0.4, -0.2) is 84.5 Å². The molecule has 0 heterocycles. The van der Waals surface area contributed by atoms with E-state index in [-0.39, 0.29) is 24.5 Å². The topological polar surface area (TPSA) is 181 Å². The maximum absolute atomic E-state index is 14.9. The summed E-state index contributed by atoms with van der Waals surface area (Å²) in [7, 11) is 1.46. The predicted molar refractivity (Wildman–Crippen MR) is 175 cm³/mol. The minimum atomic E-state index is -4.99. The van der Waals surface area contributed by atoms with Gasteiger partial charge in [0, 0.05) is 12.1 Å². The Hall–Kier alpha value is -4.51. The van der Waals surface area contributed by atoms with Gasteiger partial charge in [-0.05, 0) is 55.9 Å². The molecule has 4 amide bonds. The number of alkyl carbamates (subject to hydrolysis) is 1. The number of amides is 4. The zero-order valence-corrected chi connectivity index (χ0v) is 29.0. The fourth-order valence-electron chi connectivity index (χ4n) is 5.14. The Labute approximate surface area is 292 Å². The molecule has 282 valence electrons. The number of hydrogen-bond donors (Lipinski definition) is 6. The molecule has 12 nitrogen and oxygen atoms in total. The molecule has 0 aromatic heterocycles. The summed E-state index contributed by atoms with van der Waals surface area (Å²) in [6.07, 6.45) is -3.70. The van der Waals surface area contributed by atoms with Crippen molar-refractivity contribution in [1.82, 2.24) is 21.3 Å². The molecule has 3 rings (SSSR count). The summed E-state index contributed by atoms with van der Waals surface area (Å²) in [6, 6.07) is 2.24. The Kier molecular flexibility index (Phi) is 13.0. The predicted octanol–water partition coefficient (Wildman–Crippen LogP) is 2.91. The van der Waals surface area contributed by atoms with Gasteiger partial charge in [-0.25, -0.2) is 4.79 Å². The molecule has 5 atom stereocenters. The molecular weight excluding hydrogens is 685 g/mol. The number of fused-ring (bicyclic) bond motifs is 1. The third-order valence-electron chi connectivity index (χ3n) is 7.87. The van der Waals surface area contributed by atoms with E-state index in [1.807, 2.05) is 0 Å². The van der Waals surface area contributed by atoms with Crippen molar-refractivity contribution in [3.63, 3.8) is 0 Å². The van der Waals surface area contributed by atoms with Crippen LogP contribution in [0, 0.1) is 11.8 Å². The van der Waals surface area contributed by atoms with Crippen LogP contribution in [0.5, 0.6) is 0 Å². The molecule has 1 aromatic rings. The lowest BCUT2D eigenvalue weighted by Gasteiger charge is -2.33. The minimum Gasteiger partial charge on any atom is -0.500 e. The van der Waals surface area contributed by atoms with Gasteiger partial charge in [0.2, 0.25) is 11.8 Å². The summed E-state index contributed by atoms with van der Waals surface area (Å²) >= 11 is 0. The molecule has 51 heavy (non-hydrogen) atoms. The first-order valence-corrected chi connectivity index (χ1v) is 16.0. The Morgan fingerprint density at radius 3 is 2.10 bits per heavy atom. The summed E-state index contributed by atoms with van der Waals surface area (Å²) in [5, 5.41) is 19.0. The quantitative estimate of drug-likeness (QED) is 0.149. The highest BCUT2D eigenvalue weighted by atomic mass is 19.4. The number of alkyl halides is 5. The molecule has 1 unspecified atom stereocenters. The number of halogens is 5. The number of benzene rings is 1. The van der Waals surface area contributed by atoms with E-state index in [0.717, 1.165) is 10.9 Å². The molecule has 0 aliphatic heterocycles. The van der Waals surface area contributed by atoms with Gasteiger partial charge >= 0.3 is 18.2 Å². The summed E-state index contributed by atoms with van der Waals surface area (Å²) in [5.74, 6) is -9.45. The molecule has 2 aliphatic rings. The lowest BCUT2D eigenvalue weighted by molar-refractivity contribution is -0.174. The van der Waals surface area contributed by atoms with Crippen molar-refractivity contribution >= 4 is 23.8 Å².